The predicted molar refractivity (Wildman–Crippen MR) is 81.3 cm³/mol. The fourth-order valence-corrected chi connectivity index (χ4v) is 3.92. The predicted octanol–water partition coefficient (Wildman–Crippen LogP) is 2.46. The van der Waals surface area contributed by atoms with E-state index in [2.05, 4.69) is 5.32 Å². The van der Waals surface area contributed by atoms with Crippen molar-refractivity contribution < 1.29 is 19.6 Å². The van der Waals surface area contributed by atoms with E-state index >= 15 is 0 Å². The average Bonchev–Trinajstić information content (AvgIpc) is 3.14. The molecule has 0 aliphatic heterocycles. The molecular formula is C16H18N2O5. The van der Waals surface area contributed by atoms with E-state index in [9.17, 15) is 19.7 Å². The molecule has 2 fully saturated rings. The first-order valence-corrected chi connectivity index (χ1v) is 7.75. The van der Waals surface area contributed by atoms with Crippen molar-refractivity contribution in [3.8, 4) is 0 Å². The number of carboxylic acid groups (broad SMARTS) is 1. The van der Waals surface area contributed by atoms with Crippen LogP contribution in [0.2, 0.25) is 0 Å². The molecule has 0 spiro atoms. The molecule has 7 nitrogen and oxygen atoms in total. The van der Waals surface area contributed by atoms with Crippen LogP contribution in [0.25, 0.3) is 0 Å². The highest BCUT2D eigenvalue weighted by Gasteiger charge is 2.39. The summed E-state index contributed by atoms with van der Waals surface area (Å²) < 4.78 is 0. The van der Waals surface area contributed by atoms with Crippen molar-refractivity contribution in [3.63, 3.8) is 0 Å². The van der Waals surface area contributed by atoms with Crippen LogP contribution in [0.15, 0.2) is 18.2 Å². The van der Waals surface area contributed by atoms with Crippen molar-refractivity contribution in [2.24, 2.45) is 17.8 Å². The number of nitrogens with one attached hydrogen (secondary N) is 1. The van der Waals surface area contributed by atoms with Crippen LogP contribution < -0.4 is 5.32 Å². The molecule has 2 saturated carbocycles. The number of carbonyl (C=O) groups is 2. The number of hydrogen-bond donors (Lipinski definition) is 2. The van der Waals surface area contributed by atoms with E-state index < -0.39 is 22.5 Å². The maximum Gasteiger partial charge on any atom is 0.335 e. The zero-order valence-corrected chi connectivity index (χ0v) is 12.5. The van der Waals surface area contributed by atoms with E-state index in [0.717, 1.165) is 24.5 Å². The lowest BCUT2D eigenvalue weighted by Crippen LogP contribution is -2.31. The highest BCUT2D eigenvalue weighted by Crippen LogP contribution is 2.47. The number of fused-ring (bicyclic) bond motifs is 2. The average molecular weight is 318 g/mol. The molecule has 3 rings (SSSR count). The van der Waals surface area contributed by atoms with Gasteiger partial charge in [0.2, 0.25) is 0 Å². The van der Waals surface area contributed by atoms with Gasteiger partial charge in [-0.1, -0.05) is 6.42 Å². The number of rotatable bonds is 5. The highest BCUT2D eigenvalue weighted by atomic mass is 16.6. The summed E-state index contributed by atoms with van der Waals surface area (Å²) >= 11 is 0. The van der Waals surface area contributed by atoms with Gasteiger partial charge in [-0.3, -0.25) is 14.9 Å². The van der Waals surface area contributed by atoms with Gasteiger partial charge >= 0.3 is 5.97 Å². The molecule has 0 radical (unpaired) electrons. The SMILES string of the molecule is O=C(O)c1cc(C(=O)NCC2CC3CCC2C3)cc([N+](=O)[O-])c1. The van der Waals surface area contributed by atoms with Crippen LogP contribution in [0.1, 0.15) is 46.4 Å². The fraction of sp³-hybridized carbons (Fsp3) is 0.500. The van der Waals surface area contributed by atoms with Crippen molar-refractivity contribution in [2.45, 2.75) is 25.7 Å². The molecule has 0 heterocycles. The van der Waals surface area contributed by atoms with Gasteiger partial charge in [0.05, 0.1) is 10.5 Å². The van der Waals surface area contributed by atoms with Crippen LogP contribution in [0.4, 0.5) is 5.69 Å². The Labute approximate surface area is 132 Å². The highest BCUT2D eigenvalue weighted by molar-refractivity contribution is 5.98. The van der Waals surface area contributed by atoms with E-state index in [-0.39, 0.29) is 11.1 Å². The summed E-state index contributed by atoms with van der Waals surface area (Å²) in [4.78, 5) is 33.5. The lowest BCUT2D eigenvalue weighted by molar-refractivity contribution is -0.384. The second kappa shape index (κ2) is 5.98. The Bertz CT molecular complexity index is 640. The van der Waals surface area contributed by atoms with Crippen LogP contribution in [0.5, 0.6) is 0 Å². The molecule has 7 heteroatoms. The molecule has 0 saturated heterocycles. The topological polar surface area (TPSA) is 110 Å². The number of amides is 1. The number of hydrogen-bond acceptors (Lipinski definition) is 4. The summed E-state index contributed by atoms with van der Waals surface area (Å²) in [5, 5.41) is 22.7. The van der Waals surface area contributed by atoms with Gasteiger partial charge in [0.1, 0.15) is 0 Å². The molecule has 3 atom stereocenters. The van der Waals surface area contributed by atoms with Gasteiger partial charge in [0, 0.05) is 24.2 Å². The second-order valence-electron chi connectivity index (χ2n) is 6.48. The van der Waals surface area contributed by atoms with Gasteiger partial charge in [-0.15, -0.1) is 0 Å². The molecule has 2 aliphatic carbocycles. The third-order valence-corrected chi connectivity index (χ3v) is 5.05. The molecule has 3 unspecified atom stereocenters. The summed E-state index contributed by atoms with van der Waals surface area (Å²) in [6.45, 7) is 0.547. The van der Waals surface area contributed by atoms with Crippen molar-refractivity contribution in [1.82, 2.24) is 5.32 Å². The number of nitrogens with zero attached hydrogens (tertiary/aromatic N) is 1. The van der Waals surface area contributed by atoms with Crippen LogP contribution in [0.3, 0.4) is 0 Å². The normalized spacial score (nSPS) is 25.3. The number of carbonyl (C=O) groups excluding carboxylic acids is 1. The number of carboxylic acids is 1. The third-order valence-electron chi connectivity index (χ3n) is 5.05. The Morgan fingerprint density at radius 3 is 2.52 bits per heavy atom. The van der Waals surface area contributed by atoms with Gasteiger partial charge in [0.25, 0.3) is 11.6 Å². The van der Waals surface area contributed by atoms with E-state index in [4.69, 9.17) is 5.11 Å². The lowest BCUT2D eigenvalue weighted by atomic mass is 9.89. The van der Waals surface area contributed by atoms with Crippen LogP contribution in [0, 0.1) is 27.9 Å². The minimum Gasteiger partial charge on any atom is -0.478 e. The number of nitro benzene ring substituents is 1. The largest absolute Gasteiger partial charge is 0.478 e. The lowest BCUT2D eigenvalue weighted by Gasteiger charge is -2.21. The van der Waals surface area contributed by atoms with Crippen LogP contribution >= 0.6 is 0 Å². The molecule has 1 amide bonds. The van der Waals surface area contributed by atoms with Crippen LogP contribution in [-0.2, 0) is 0 Å². The standard InChI is InChI=1S/C16H18N2O5/c19-15(17-8-13-4-9-1-2-10(13)3-9)11-5-12(16(20)21)7-14(6-11)18(22)23/h5-7,9-10,13H,1-4,8H2,(H,17,19)(H,20,21). The molecule has 2 bridgehead atoms. The van der Waals surface area contributed by atoms with E-state index in [1.807, 2.05) is 0 Å². The summed E-state index contributed by atoms with van der Waals surface area (Å²) in [7, 11) is 0. The van der Waals surface area contributed by atoms with Crippen LogP contribution in [-0.4, -0.2) is 28.5 Å². The number of aromatic carboxylic acids is 1. The maximum absolute atomic E-state index is 12.2. The fourth-order valence-electron chi connectivity index (χ4n) is 3.92. The first kappa shape index (κ1) is 15.5. The minimum atomic E-state index is -1.30. The van der Waals surface area contributed by atoms with Gasteiger partial charge in [0.15, 0.2) is 0 Å². The number of nitro groups is 1. The molecule has 1 aromatic carbocycles. The van der Waals surface area contributed by atoms with Crippen molar-refractivity contribution in [1.29, 1.82) is 0 Å². The molecule has 122 valence electrons. The summed E-state index contributed by atoms with van der Waals surface area (Å²) in [6.07, 6.45) is 4.86. The third kappa shape index (κ3) is 3.18. The van der Waals surface area contributed by atoms with E-state index in [1.165, 1.54) is 25.3 Å². The summed E-state index contributed by atoms with van der Waals surface area (Å²) in [6, 6.07) is 3.24. The van der Waals surface area contributed by atoms with E-state index in [1.54, 1.807) is 0 Å². The van der Waals surface area contributed by atoms with E-state index in [0.29, 0.717) is 18.4 Å². The Morgan fingerprint density at radius 1 is 1.22 bits per heavy atom. The first-order valence-electron chi connectivity index (χ1n) is 7.75. The second-order valence-corrected chi connectivity index (χ2v) is 6.48. The van der Waals surface area contributed by atoms with Crippen molar-refractivity contribution in [3.05, 3.63) is 39.4 Å². The molecule has 2 N–H and O–H groups in total. The molecule has 2 aliphatic rings. The summed E-state index contributed by atoms with van der Waals surface area (Å²) in [5.41, 5.74) is -0.640. The zero-order chi connectivity index (χ0) is 16.6. The van der Waals surface area contributed by atoms with Gasteiger partial charge in [-0.05, 0) is 43.1 Å². The number of non-ortho nitro benzene ring substituents is 1. The van der Waals surface area contributed by atoms with Crippen molar-refractivity contribution >= 4 is 17.6 Å². The molecule has 23 heavy (non-hydrogen) atoms. The number of benzene rings is 1. The quantitative estimate of drug-likeness (QED) is 0.640. The Kier molecular flexibility index (Phi) is 4.02. The Balaban J connectivity index is 1.71. The molecule has 0 aromatic heterocycles. The first-order chi connectivity index (χ1) is 10.9. The minimum absolute atomic E-state index is 0.0137. The maximum atomic E-state index is 12.2. The van der Waals surface area contributed by atoms with Crippen molar-refractivity contribution in [2.75, 3.05) is 6.54 Å². The Hall–Kier alpha value is -2.44. The van der Waals surface area contributed by atoms with Gasteiger partial charge in [-0.25, -0.2) is 4.79 Å². The van der Waals surface area contributed by atoms with Gasteiger partial charge < -0.3 is 10.4 Å². The monoisotopic (exact) mass is 318 g/mol. The Morgan fingerprint density at radius 2 is 1.96 bits per heavy atom. The summed E-state index contributed by atoms with van der Waals surface area (Å²) in [5.74, 6) is 0.156. The zero-order valence-electron chi connectivity index (χ0n) is 12.5. The molecule has 1 aromatic rings. The smallest absolute Gasteiger partial charge is 0.335 e. The van der Waals surface area contributed by atoms with Gasteiger partial charge in [-0.2, -0.15) is 0 Å². The molecular weight excluding hydrogens is 300 g/mol.